The van der Waals surface area contributed by atoms with Gasteiger partial charge in [-0.2, -0.15) is 0 Å². The van der Waals surface area contributed by atoms with E-state index < -0.39 is 0 Å². The molecular formula is C17H31N3. The van der Waals surface area contributed by atoms with Crippen LogP contribution in [0.1, 0.15) is 76.2 Å². The molecular weight excluding hydrogens is 246 g/mol. The van der Waals surface area contributed by atoms with Gasteiger partial charge in [-0.05, 0) is 50.8 Å². The summed E-state index contributed by atoms with van der Waals surface area (Å²) in [6.07, 6.45) is 5.34. The molecule has 0 aliphatic rings. The summed E-state index contributed by atoms with van der Waals surface area (Å²) in [5.74, 6) is 1.49. The third-order valence-electron chi connectivity index (χ3n) is 3.90. The van der Waals surface area contributed by atoms with E-state index in [1.807, 2.05) is 0 Å². The lowest BCUT2D eigenvalue weighted by Crippen LogP contribution is -2.20. The highest BCUT2D eigenvalue weighted by molar-refractivity contribution is 5.27. The van der Waals surface area contributed by atoms with Crippen LogP contribution >= 0.6 is 0 Å². The first-order valence-electron chi connectivity index (χ1n) is 8.26. The quantitative estimate of drug-likeness (QED) is 0.700. The molecule has 0 spiro atoms. The van der Waals surface area contributed by atoms with Crippen molar-refractivity contribution in [2.24, 2.45) is 0 Å². The van der Waals surface area contributed by atoms with E-state index in [-0.39, 0.29) is 0 Å². The van der Waals surface area contributed by atoms with Crippen LogP contribution in [0, 0.1) is 0 Å². The van der Waals surface area contributed by atoms with Gasteiger partial charge >= 0.3 is 0 Å². The Morgan fingerprint density at radius 2 is 1.55 bits per heavy atom. The molecule has 0 fully saturated rings. The van der Waals surface area contributed by atoms with Gasteiger partial charge in [-0.3, -0.25) is 0 Å². The molecule has 1 rings (SSSR count). The normalized spacial score (nSPS) is 12.7. The maximum Gasteiger partial charge on any atom is 0.131 e. The number of nitrogens with one attached hydrogen (secondary N) is 1. The van der Waals surface area contributed by atoms with Crippen molar-refractivity contribution >= 4 is 0 Å². The number of hydrogen-bond donors (Lipinski definition) is 1. The van der Waals surface area contributed by atoms with Crippen molar-refractivity contribution in [3.63, 3.8) is 0 Å². The number of hydrogen-bond acceptors (Lipinski definition) is 3. The maximum atomic E-state index is 4.83. The van der Waals surface area contributed by atoms with Crippen LogP contribution in [0.15, 0.2) is 0 Å². The first-order chi connectivity index (χ1) is 9.67. The fraction of sp³-hybridized carbons (Fsp3) is 0.765. The van der Waals surface area contributed by atoms with E-state index >= 15 is 0 Å². The molecule has 0 radical (unpaired) electrons. The molecule has 1 unspecified atom stereocenters. The average Bonchev–Trinajstić information content (AvgIpc) is 2.50. The van der Waals surface area contributed by atoms with Crippen LogP contribution < -0.4 is 5.32 Å². The molecule has 0 saturated carbocycles. The molecule has 20 heavy (non-hydrogen) atoms. The van der Waals surface area contributed by atoms with Gasteiger partial charge in [0.25, 0.3) is 0 Å². The molecule has 1 heterocycles. The Balaban J connectivity index is 2.96. The van der Waals surface area contributed by atoms with E-state index in [0.717, 1.165) is 44.6 Å². The zero-order valence-corrected chi connectivity index (χ0v) is 13.9. The minimum absolute atomic E-state index is 0.456. The van der Waals surface area contributed by atoms with E-state index in [2.05, 4.69) is 39.9 Å². The monoisotopic (exact) mass is 277 g/mol. The van der Waals surface area contributed by atoms with E-state index in [1.54, 1.807) is 0 Å². The lowest BCUT2D eigenvalue weighted by Gasteiger charge is -2.16. The van der Waals surface area contributed by atoms with Crippen molar-refractivity contribution in [2.75, 3.05) is 13.1 Å². The van der Waals surface area contributed by atoms with E-state index in [1.165, 1.54) is 23.4 Å². The summed E-state index contributed by atoms with van der Waals surface area (Å²) >= 11 is 0. The Bertz CT molecular complexity index is 376. The van der Waals surface area contributed by atoms with Gasteiger partial charge in [0, 0.05) is 17.3 Å². The van der Waals surface area contributed by atoms with Crippen molar-refractivity contribution in [1.29, 1.82) is 0 Å². The molecule has 3 heteroatoms. The van der Waals surface area contributed by atoms with Gasteiger partial charge in [0.05, 0.1) is 0 Å². The van der Waals surface area contributed by atoms with Crippen molar-refractivity contribution in [3.05, 3.63) is 22.8 Å². The molecule has 1 atom stereocenters. The Morgan fingerprint density at radius 1 is 0.950 bits per heavy atom. The van der Waals surface area contributed by atoms with Gasteiger partial charge < -0.3 is 5.32 Å². The van der Waals surface area contributed by atoms with Crippen molar-refractivity contribution in [1.82, 2.24) is 15.3 Å². The van der Waals surface area contributed by atoms with E-state index in [0.29, 0.717) is 5.92 Å². The first kappa shape index (κ1) is 17.1. The Hall–Kier alpha value is -0.960. The third kappa shape index (κ3) is 4.55. The molecule has 0 bridgehead atoms. The summed E-state index contributed by atoms with van der Waals surface area (Å²) < 4.78 is 0. The second-order valence-corrected chi connectivity index (χ2v) is 5.47. The molecule has 0 aliphatic carbocycles. The minimum Gasteiger partial charge on any atom is -0.316 e. The highest BCUT2D eigenvalue weighted by Gasteiger charge is 2.14. The molecule has 1 aromatic rings. The minimum atomic E-state index is 0.456. The summed E-state index contributed by atoms with van der Waals surface area (Å²) in [6.45, 7) is 13.1. The largest absolute Gasteiger partial charge is 0.316 e. The van der Waals surface area contributed by atoms with Crippen LogP contribution in [0.3, 0.4) is 0 Å². The molecule has 1 N–H and O–H groups in total. The van der Waals surface area contributed by atoms with Gasteiger partial charge in [0.1, 0.15) is 5.82 Å². The smallest absolute Gasteiger partial charge is 0.131 e. The first-order valence-corrected chi connectivity index (χ1v) is 8.26. The summed E-state index contributed by atoms with van der Waals surface area (Å²) in [5.41, 5.74) is 3.89. The number of aromatic nitrogens is 2. The van der Waals surface area contributed by atoms with Gasteiger partial charge in [0.15, 0.2) is 0 Å². The summed E-state index contributed by atoms with van der Waals surface area (Å²) in [5, 5.41) is 3.48. The van der Waals surface area contributed by atoms with Crippen LogP contribution in [0.2, 0.25) is 0 Å². The topological polar surface area (TPSA) is 37.8 Å². The summed E-state index contributed by atoms with van der Waals surface area (Å²) in [6, 6.07) is 0. The summed E-state index contributed by atoms with van der Waals surface area (Å²) in [4.78, 5) is 9.66. The van der Waals surface area contributed by atoms with Gasteiger partial charge in [-0.1, -0.05) is 34.6 Å². The summed E-state index contributed by atoms with van der Waals surface area (Å²) in [7, 11) is 0. The van der Waals surface area contributed by atoms with Crippen molar-refractivity contribution in [2.45, 2.75) is 72.6 Å². The zero-order chi connectivity index (χ0) is 15.0. The molecule has 0 saturated heterocycles. The highest BCUT2D eigenvalue weighted by Crippen LogP contribution is 2.20. The molecule has 0 aromatic carbocycles. The van der Waals surface area contributed by atoms with Crippen LogP contribution in [-0.2, 0) is 19.3 Å². The number of nitrogens with zero attached hydrogens (tertiary/aromatic N) is 2. The fourth-order valence-electron chi connectivity index (χ4n) is 2.39. The van der Waals surface area contributed by atoms with Crippen LogP contribution in [0.25, 0.3) is 0 Å². The lowest BCUT2D eigenvalue weighted by molar-refractivity contribution is 0.640. The average molecular weight is 277 g/mol. The predicted molar refractivity (Wildman–Crippen MR) is 86.4 cm³/mol. The molecule has 0 amide bonds. The fourth-order valence-corrected chi connectivity index (χ4v) is 2.39. The van der Waals surface area contributed by atoms with Gasteiger partial charge in [0.2, 0.25) is 0 Å². The Kier molecular flexibility index (Phi) is 7.75. The zero-order valence-electron chi connectivity index (χ0n) is 13.9. The number of aryl methyl sites for hydroxylation is 2. The molecule has 1 aromatic heterocycles. The Morgan fingerprint density at radius 3 is 2.00 bits per heavy atom. The van der Waals surface area contributed by atoms with Crippen LogP contribution in [-0.4, -0.2) is 23.1 Å². The lowest BCUT2D eigenvalue weighted by atomic mass is 10.0. The molecule has 0 aliphatic heterocycles. The predicted octanol–water partition coefficient (Wildman–Crippen LogP) is 3.66. The van der Waals surface area contributed by atoms with Crippen molar-refractivity contribution < 1.29 is 0 Å². The van der Waals surface area contributed by atoms with Crippen LogP contribution in [0.5, 0.6) is 0 Å². The van der Waals surface area contributed by atoms with Gasteiger partial charge in [-0.15, -0.1) is 0 Å². The van der Waals surface area contributed by atoms with E-state index in [9.17, 15) is 0 Å². The second kappa shape index (κ2) is 9.06. The van der Waals surface area contributed by atoms with Crippen molar-refractivity contribution in [3.8, 4) is 0 Å². The highest BCUT2D eigenvalue weighted by atomic mass is 14.9. The maximum absolute atomic E-state index is 4.83. The SMILES string of the molecule is CCCNCCc1c(CC)nc(C(C)CC)nc1CC. The van der Waals surface area contributed by atoms with Gasteiger partial charge in [-0.25, -0.2) is 9.97 Å². The third-order valence-corrected chi connectivity index (χ3v) is 3.90. The van der Waals surface area contributed by atoms with Crippen LogP contribution in [0.4, 0.5) is 0 Å². The van der Waals surface area contributed by atoms with E-state index in [4.69, 9.17) is 9.97 Å². The second-order valence-electron chi connectivity index (χ2n) is 5.47. The Labute approximate surface area is 124 Å². The number of rotatable bonds is 9. The molecule has 3 nitrogen and oxygen atoms in total. The standard InChI is InChI=1S/C17H31N3/c1-6-11-18-12-10-14-15(8-3)19-17(13(5)7-2)20-16(14)9-4/h13,18H,6-12H2,1-5H3. The molecule has 114 valence electrons.